The number of aliphatic hydroxyl groups is 2. The quantitative estimate of drug-likeness (QED) is 0.603. The molecule has 2 saturated carbocycles. The molecule has 0 bridgehead atoms. The van der Waals surface area contributed by atoms with Gasteiger partial charge in [-0.05, 0) is 73.0 Å². The average molecular weight is 432 g/mol. The van der Waals surface area contributed by atoms with Gasteiger partial charge in [-0.3, -0.25) is 0 Å². The Morgan fingerprint density at radius 2 is 0.960 bits per heavy atom. The van der Waals surface area contributed by atoms with E-state index in [9.17, 15) is 0 Å². The minimum absolute atomic E-state index is 0. The third-order valence-corrected chi connectivity index (χ3v) is 6.61. The molecule has 0 aliphatic heterocycles. The van der Waals surface area contributed by atoms with E-state index in [2.05, 4.69) is 41.5 Å². The summed E-state index contributed by atoms with van der Waals surface area (Å²) in [5, 5.41) is 17.6. The molecule has 0 aromatic heterocycles. The first kappa shape index (κ1) is 25.8. The van der Waals surface area contributed by atoms with Crippen molar-refractivity contribution in [1.82, 2.24) is 0 Å². The minimum atomic E-state index is 0. The zero-order chi connectivity index (χ0) is 18.4. The van der Waals surface area contributed by atoms with Crippen molar-refractivity contribution in [2.45, 2.75) is 92.9 Å². The zero-order valence-electron chi connectivity index (χ0n) is 17.8. The Hall–Kier alpha value is 0.803. The number of rotatable bonds is 4. The second-order valence-electron chi connectivity index (χ2n) is 10.5. The summed E-state index contributed by atoms with van der Waals surface area (Å²) in [6, 6.07) is 0. The van der Waals surface area contributed by atoms with Crippen LogP contribution in [-0.2, 0) is 26.2 Å². The van der Waals surface area contributed by atoms with E-state index in [0.717, 1.165) is 36.5 Å². The average Bonchev–Trinajstić information content (AvgIpc) is 3.08. The smallest absolute Gasteiger partial charge is 0.396 e. The van der Waals surface area contributed by atoms with Crippen LogP contribution in [0.2, 0.25) is 0 Å². The maximum atomic E-state index is 8.82. The van der Waals surface area contributed by atoms with Crippen LogP contribution in [0.15, 0.2) is 0 Å². The Morgan fingerprint density at radius 3 is 1.16 bits per heavy atom. The van der Waals surface area contributed by atoms with Gasteiger partial charge in [0.2, 0.25) is 0 Å². The van der Waals surface area contributed by atoms with Crippen LogP contribution >= 0.6 is 0 Å². The zero-order valence-corrected chi connectivity index (χ0v) is 20.2. The van der Waals surface area contributed by atoms with E-state index in [0.29, 0.717) is 24.0 Å². The molecule has 3 heteroatoms. The molecule has 2 nitrogen and oxygen atoms in total. The van der Waals surface area contributed by atoms with Gasteiger partial charge in [-0.15, -0.1) is 0 Å². The second-order valence-corrected chi connectivity index (χ2v) is 10.5. The van der Waals surface area contributed by atoms with Crippen LogP contribution in [0.4, 0.5) is 0 Å². The third-order valence-electron chi connectivity index (χ3n) is 6.61. The summed E-state index contributed by atoms with van der Waals surface area (Å²) < 4.78 is 0. The summed E-state index contributed by atoms with van der Waals surface area (Å²) >= 11 is 0. The molecule has 146 valence electrons. The molecular weight excluding hydrogens is 387 g/mol. The van der Waals surface area contributed by atoms with Crippen LogP contribution in [0.3, 0.4) is 0 Å². The summed E-state index contributed by atoms with van der Waals surface area (Å²) in [5.74, 6) is 3.38. The molecule has 25 heavy (non-hydrogen) atoms. The summed E-state index contributed by atoms with van der Waals surface area (Å²) in [4.78, 5) is 0. The largest absolute Gasteiger partial charge is 2.00 e. The molecule has 2 fully saturated rings. The number of hydrogen-bond acceptors (Lipinski definition) is 2. The van der Waals surface area contributed by atoms with Crippen molar-refractivity contribution in [2.75, 3.05) is 13.2 Å². The first-order chi connectivity index (χ1) is 11.1. The summed E-state index contributed by atoms with van der Waals surface area (Å²) in [7, 11) is 0. The molecule has 0 saturated heterocycles. The van der Waals surface area contributed by atoms with E-state index in [1.54, 1.807) is 0 Å². The van der Waals surface area contributed by atoms with Crippen LogP contribution in [-0.4, -0.2) is 23.4 Å². The molecule has 0 amide bonds. The van der Waals surface area contributed by atoms with E-state index in [-0.39, 0.29) is 26.2 Å². The Morgan fingerprint density at radius 1 is 0.640 bits per heavy atom. The van der Waals surface area contributed by atoms with Crippen LogP contribution < -0.4 is 0 Å². The molecule has 2 aliphatic carbocycles. The molecule has 2 aliphatic rings. The van der Waals surface area contributed by atoms with Gasteiger partial charge >= 0.3 is 26.2 Å². The fourth-order valence-electron chi connectivity index (χ4n) is 4.61. The van der Waals surface area contributed by atoms with Gasteiger partial charge in [-0.1, -0.05) is 54.4 Å². The van der Waals surface area contributed by atoms with Crippen LogP contribution in [0.5, 0.6) is 0 Å². The van der Waals surface area contributed by atoms with Crippen LogP contribution in [0, 0.1) is 34.5 Å². The first-order valence-corrected chi connectivity index (χ1v) is 10.3. The van der Waals surface area contributed by atoms with Crippen LogP contribution in [0.25, 0.3) is 0 Å². The van der Waals surface area contributed by atoms with Crippen molar-refractivity contribution in [3.63, 3.8) is 0 Å². The monoisotopic (exact) mass is 430 g/mol. The molecule has 0 spiro atoms. The Labute approximate surface area is 176 Å². The van der Waals surface area contributed by atoms with Crippen molar-refractivity contribution in [1.29, 1.82) is 0 Å². The van der Waals surface area contributed by atoms with Gasteiger partial charge in [0.1, 0.15) is 0 Å². The molecule has 4 atom stereocenters. The summed E-state index contributed by atoms with van der Waals surface area (Å²) in [5.41, 5.74) is 0.953. The molecule has 2 N–H and O–H groups in total. The predicted molar refractivity (Wildman–Crippen MR) is 104 cm³/mol. The topological polar surface area (TPSA) is 40.5 Å². The van der Waals surface area contributed by atoms with Gasteiger partial charge in [0.25, 0.3) is 0 Å². The van der Waals surface area contributed by atoms with E-state index >= 15 is 0 Å². The SMILES string of the molecule is CC(C)(C)C1CCC(CCO)C1.CC(C)(C)C1CCC(CCO)C1.[Zr+2]. The molecule has 0 aromatic carbocycles. The standard InChI is InChI=1S/2C11H22O.Zr/c2*1-11(2,3)10-5-4-9(8-10)6-7-12;/h2*9-10,12H,4-8H2,1-3H3;/q;;+2. The van der Waals surface area contributed by atoms with Crippen molar-refractivity contribution >= 4 is 0 Å². The third kappa shape index (κ3) is 9.52. The molecule has 0 aromatic rings. The summed E-state index contributed by atoms with van der Waals surface area (Å²) in [6.45, 7) is 14.7. The number of aliphatic hydroxyl groups excluding tert-OH is 2. The van der Waals surface area contributed by atoms with Crippen molar-refractivity contribution < 1.29 is 36.4 Å². The number of hydrogen-bond donors (Lipinski definition) is 2. The van der Waals surface area contributed by atoms with Crippen LogP contribution in [0.1, 0.15) is 92.9 Å². The fraction of sp³-hybridized carbons (Fsp3) is 1.00. The first-order valence-electron chi connectivity index (χ1n) is 10.3. The second kappa shape index (κ2) is 11.6. The van der Waals surface area contributed by atoms with Gasteiger partial charge in [0, 0.05) is 13.2 Å². The predicted octanol–water partition coefficient (Wildman–Crippen LogP) is 5.66. The molecule has 2 rings (SSSR count). The van der Waals surface area contributed by atoms with Gasteiger partial charge in [-0.25, -0.2) is 0 Å². The molecular formula is C22H44O2Zr+2. The Kier molecular flexibility index (Phi) is 12.0. The van der Waals surface area contributed by atoms with Crippen molar-refractivity contribution in [3.8, 4) is 0 Å². The molecule has 0 heterocycles. The van der Waals surface area contributed by atoms with Crippen molar-refractivity contribution in [3.05, 3.63) is 0 Å². The Bertz CT molecular complexity index is 309. The van der Waals surface area contributed by atoms with Crippen molar-refractivity contribution in [2.24, 2.45) is 34.5 Å². The Balaban J connectivity index is 0.000000443. The van der Waals surface area contributed by atoms with E-state index < -0.39 is 0 Å². The van der Waals surface area contributed by atoms with Gasteiger partial charge in [-0.2, -0.15) is 0 Å². The summed E-state index contributed by atoms with van der Waals surface area (Å²) in [6.07, 6.45) is 10.1. The maximum absolute atomic E-state index is 8.82. The molecule has 4 unspecified atom stereocenters. The van der Waals surface area contributed by atoms with Gasteiger partial charge in [0.05, 0.1) is 0 Å². The molecule has 0 radical (unpaired) electrons. The van der Waals surface area contributed by atoms with Gasteiger partial charge < -0.3 is 10.2 Å². The minimum Gasteiger partial charge on any atom is -0.396 e. The van der Waals surface area contributed by atoms with E-state index in [1.165, 1.54) is 38.5 Å². The fourth-order valence-corrected chi connectivity index (χ4v) is 4.61. The van der Waals surface area contributed by atoms with E-state index in [1.807, 2.05) is 0 Å². The normalized spacial score (nSPS) is 29.8. The van der Waals surface area contributed by atoms with Gasteiger partial charge in [0.15, 0.2) is 0 Å². The van der Waals surface area contributed by atoms with E-state index in [4.69, 9.17) is 10.2 Å². The maximum Gasteiger partial charge on any atom is 2.00 e.